The largest absolute Gasteiger partial charge is 0.311 e. The molecule has 2 unspecified atom stereocenters. The Balaban J connectivity index is 1.63. The standard InChI is InChI=1S/C18H20N2O/c1-11-2-3-12-8-13(4-7-17(12)19-11)18(21)14-9-15-5-6-16(10-14)20-15/h2-4,7-8,14-16,20H,5-6,9-10H2,1H3. The Morgan fingerprint density at radius 2 is 1.90 bits per heavy atom. The van der Waals surface area contributed by atoms with Gasteiger partial charge in [0.25, 0.3) is 0 Å². The number of nitrogens with zero attached hydrogens (tertiary/aromatic N) is 1. The zero-order valence-corrected chi connectivity index (χ0v) is 12.3. The zero-order chi connectivity index (χ0) is 14.4. The summed E-state index contributed by atoms with van der Waals surface area (Å²) < 4.78 is 0. The van der Waals surface area contributed by atoms with Crippen LogP contribution in [0.2, 0.25) is 0 Å². The monoisotopic (exact) mass is 280 g/mol. The Hall–Kier alpha value is -1.74. The number of piperidine rings is 1. The highest BCUT2D eigenvalue weighted by molar-refractivity contribution is 6.01. The lowest BCUT2D eigenvalue weighted by Crippen LogP contribution is -2.40. The number of fused-ring (bicyclic) bond motifs is 3. The van der Waals surface area contributed by atoms with Crippen molar-refractivity contribution in [3.8, 4) is 0 Å². The number of Topliss-reactive ketones (excluding diaryl/α,β-unsaturated/α-hetero) is 1. The second-order valence-corrected chi connectivity index (χ2v) is 6.53. The lowest BCUT2D eigenvalue weighted by Gasteiger charge is -2.28. The number of rotatable bonds is 2. The van der Waals surface area contributed by atoms with Crippen LogP contribution < -0.4 is 5.32 Å². The summed E-state index contributed by atoms with van der Waals surface area (Å²) in [6.07, 6.45) is 4.46. The number of nitrogens with one attached hydrogen (secondary N) is 1. The number of ketones is 1. The van der Waals surface area contributed by atoms with Gasteiger partial charge in [-0.05, 0) is 56.9 Å². The first-order chi connectivity index (χ1) is 10.2. The van der Waals surface area contributed by atoms with Gasteiger partial charge in [-0.15, -0.1) is 0 Å². The van der Waals surface area contributed by atoms with Gasteiger partial charge in [-0.2, -0.15) is 0 Å². The van der Waals surface area contributed by atoms with Gasteiger partial charge in [0.15, 0.2) is 5.78 Å². The van der Waals surface area contributed by atoms with Crippen molar-refractivity contribution < 1.29 is 4.79 Å². The van der Waals surface area contributed by atoms with Gasteiger partial charge in [-0.25, -0.2) is 0 Å². The maximum absolute atomic E-state index is 12.8. The highest BCUT2D eigenvalue weighted by atomic mass is 16.1. The van der Waals surface area contributed by atoms with E-state index in [1.54, 1.807) is 0 Å². The Morgan fingerprint density at radius 1 is 1.14 bits per heavy atom. The van der Waals surface area contributed by atoms with Gasteiger partial charge in [0, 0.05) is 34.6 Å². The average Bonchev–Trinajstić information content (AvgIpc) is 2.84. The number of hydrogen-bond donors (Lipinski definition) is 1. The average molecular weight is 280 g/mol. The van der Waals surface area contributed by atoms with E-state index in [0.29, 0.717) is 17.9 Å². The molecule has 1 aromatic heterocycles. The lowest BCUT2D eigenvalue weighted by molar-refractivity contribution is 0.0876. The van der Waals surface area contributed by atoms with Crippen LogP contribution in [0.25, 0.3) is 10.9 Å². The van der Waals surface area contributed by atoms with Crippen molar-refractivity contribution in [2.75, 3.05) is 0 Å². The minimum atomic E-state index is 0.194. The Labute approximate surface area is 124 Å². The molecule has 2 aliphatic rings. The molecule has 3 heterocycles. The van der Waals surface area contributed by atoms with Crippen molar-refractivity contribution in [3.05, 3.63) is 41.6 Å². The first-order valence-electron chi connectivity index (χ1n) is 7.87. The molecule has 2 bridgehead atoms. The van der Waals surface area contributed by atoms with E-state index in [4.69, 9.17) is 0 Å². The van der Waals surface area contributed by atoms with Gasteiger partial charge in [-0.1, -0.05) is 6.07 Å². The number of carbonyl (C=O) groups is 1. The quantitative estimate of drug-likeness (QED) is 0.859. The first kappa shape index (κ1) is 13.0. The van der Waals surface area contributed by atoms with Gasteiger partial charge in [0.05, 0.1) is 5.52 Å². The number of benzene rings is 1. The van der Waals surface area contributed by atoms with E-state index >= 15 is 0 Å². The number of hydrogen-bond acceptors (Lipinski definition) is 3. The summed E-state index contributed by atoms with van der Waals surface area (Å²) in [5, 5.41) is 4.66. The molecule has 21 heavy (non-hydrogen) atoms. The summed E-state index contributed by atoms with van der Waals surface area (Å²) in [5.74, 6) is 0.510. The summed E-state index contributed by atoms with van der Waals surface area (Å²) in [5.41, 5.74) is 2.83. The summed E-state index contributed by atoms with van der Waals surface area (Å²) in [6.45, 7) is 1.99. The van der Waals surface area contributed by atoms with E-state index in [-0.39, 0.29) is 5.92 Å². The highest BCUT2D eigenvalue weighted by Crippen LogP contribution is 2.33. The smallest absolute Gasteiger partial charge is 0.166 e. The normalized spacial score (nSPS) is 28.0. The second-order valence-electron chi connectivity index (χ2n) is 6.53. The predicted octanol–water partition coefficient (Wildman–Crippen LogP) is 3.26. The van der Waals surface area contributed by atoms with Crippen LogP contribution in [0, 0.1) is 12.8 Å². The zero-order valence-electron chi connectivity index (χ0n) is 12.3. The van der Waals surface area contributed by atoms with Gasteiger partial charge < -0.3 is 5.32 Å². The van der Waals surface area contributed by atoms with Crippen molar-refractivity contribution in [2.45, 2.75) is 44.7 Å². The van der Waals surface area contributed by atoms with Gasteiger partial charge in [0.1, 0.15) is 0 Å². The number of pyridine rings is 1. The van der Waals surface area contributed by atoms with Crippen LogP contribution in [0.4, 0.5) is 0 Å². The molecule has 2 aromatic rings. The molecule has 1 aromatic carbocycles. The van der Waals surface area contributed by atoms with Crippen LogP contribution in [-0.2, 0) is 0 Å². The van der Waals surface area contributed by atoms with E-state index in [1.807, 2.05) is 31.2 Å². The van der Waals surface area contributed by atoms with Crippen molar-refractivity contribution in [3.63, 3.8) is 0 Å². The molecule has 4 rings (SSSR count). The van der Waals surface area contributed by atoms with E-state index in [9.17, 15) is 4.79 Å². The van der Waals surface area contributed by atoms with Crippen LogP contribution in [0.1, 0.15) is 41.7 Å². The highest BCUT2D eigenvalue weighted by Gasteiger charge is 2.36. The molecule has 108 valence electrons. The molecule has 2 atom stereocenters. The van der Waals surface area contributed by atoms with Crippen LogP contribution in [0.3, 0.4) is 0 Å². The maximum Gasteiger partial charge on any atom is 0.166 e. The fraction of sp³-hybridized carbons (Fsp3) is 0.444. The molecule has 2 saturated heterocycles. The Bertz CT molecular complexity index is 697. The summed E-state index contributed by atoms with van der Waals surface area (Å²) in [7, 11) is 0. The number of aryl methyl sites for hydroxylation is 1. The van der Waals surface area contributed by atoms with Gasteiger partial charge in [-0.3, -0.25) is 9.78 Å². The summed E-state index contributed by atoms with van der Waals surface area (Å²) >= 11 is 0. The Morgan fingerprint density at radius 3 is 2.67 bits per heavy atom. The molecule has 0 spiro atoms. The van der Waals surface area contributed by atoms with Crippen LogP contribution in [0.5, 0.6) is 0 Å². The fourth-order valence-corrected chi connectivity index (χ4v) is 3.89. The molecule has 0 saturated carbocycles. The topological polar surface area (TPSA) is 42.0 Å². The SMILES string of the molecule is Cc1ccc2cc(C(=O)C3CC4CCC(C3)N4)ccc2n1. The second kappa shape index (κ2) is 4.92. The fourth-order valence-electron chi connectivity index (χ4n) is 3.89. The van der Waals surface area contributed by atoms with Crippen molar-refractivity contribution >= 4 is 16.7 Å². The molecule has 2 aliphatic heterocycles. The van der Waals surface area contributed by atoms with E-state index in [0.717, 1.165) is 35.0 Å². The van der Waals surface area contributed by atoms with Crippen LogP contribution >= 0.6 is 0 Å². The van der Waals surface area contributed by atoms with Gasteiger partial charge in [0.2, 0.25) is 0 Å². The van der Waals surface area contributed by atoms with Crippen LogP contribution in [-0.4, -0.2) is 22.9 Å². The number of carbonyl (C=O) groups excluding carboxylic acids is 1. The molecule has 0 amide bonds. The first-order valence-corrected chi connectivity index (χ1v) is 7.87. The summed E-state index contributed by atoms with van der Waals surface area (Å²) in [6, 6.07) is 11.1. The van der Waals surface area contributed by atoms with E-state index in [1.165, 1.54) is 12.8 Å². The Kier molecular flexibility index (Phi) is 3.03. The molecule has 3 nitrogen and oxygen atoms in total. The van der Waals surface area contributed by atoms with Crippen molar-refractivity contribution in [2.24, 2.45) is 5.92 Å². The minimum absolute atomic E-state index is 0.194. The summed E-state index contributed by atoms with van der Waals surface area (Å²) in [4.78, 5) is 17.3. The molecular weight excluding hydrogens is 260 g/mol. The molecule has 1 N–H and O–H groups in total. The third-order valence-electron chi connectivity index (χ3n) is 4.96. The van der Waals surface area contributed by atoms with Gasteiger partial charge >= 0.3 is 0 Å². The minimum Gasteiger partial charge on any atom is -0.311 e. The lowest BCUT2D eigenvalue weighted by atomic mass is 9.85. The maximum atomic E-state index is 12.8. The molecule has 2 fully saturated rings. The third kappa shape index (κ3) is 2.36. The molecule has 0 radical (unpaired) electrons. The van der Waals surface area contributed by atoms with Crippen LogP contribution in [0.15, 0.2) is 30.3 Å². The third-order valence-corrected chi connectivity index (χ3v) is 4.96. The number of aromatic nitrogens is 1. The van der Waals surface area contributed by atoms with E-state index < -0.39 is 0 Å². The van der Waals surface area contributed by atoms with Crippen molar-refractivity contribution in [1.82, 2.24) is 10.3 Å². The predicted molar refractivity (Wildman–Crippen MR) is 83.5 cm³/mol. The molecule has 0 aliphatic carbocycles. The molecular formula is C18H20N2O. The van der Waals surface area contributed by atoms with E-state index in [2.05, 4.69) is 16.4 Å². The molecule has 3 heteroatoms. The van der Waals surface area contributed by atoms with Crippen molar-refractivity contribution in [1.29, 1.82) is 0 Å².